The summed E-state index contributed by atoms with van der Waals surface area (Å²) in [4.78, 5) is 13.2. The fourth-order valence-electron chi connectivity index (χ4n) is 3.05. The van der Waals surface area contributed by atoms with Gasteiger partial charge in [0.25, 0.3) is 0 Å². The van der Waals surface area contributed by atoms with Gasteiger partial charge in [-0.2, -0.15) is 0 Å². The Morgan fingerprint density at radius 3 is 2.72 bits per heavy atom. The second kappa shape index (κ2) is 8.42. The summed E-state index contributed by atoms with van der Waals surface area (Å²) in [6, 6.07) is 11.5. The fourth-order valence-corrected chi connectivity index (χ4v) is 3.05. The van der Waals surface area contributed by atoms with Gasteiger partial charge < -0.3 is 20.1 Å². The zero-order chi connectivity index (χ0) is 18.4. The van der Waals surface area contributed by atoms with Crippen LogP contribution in [0.3, 0.4) is 0 Å². The Labute approximate surface area is 149 Å². The van der Waals surface area contributed by atoms with Gasteiger partial charge in [-0.1, -0.05) is 32.0 Å². The van der Waals surface area contributed by atoms with Crippen molar-refractivity contribution < 1.29 is 14.6 Å². The molecule has 3 rings (SSSR count). The molecule has 0 bridgehead atoms. The van der Waals surface area contributed by atoms with Crippen molar-refractivity contribution in [1.82, 2.24) is 0 Å². The maximum absolute atomic E-state index is 11.4. The maximum atomic E-state index is 11.4. The van der Waals surface area contributed by atoms with Crippen molar-refractivity contribution >= 4 is 17.8 Å². The third kappa shape index (κ3) is 3.87. The van der Waals surface area contributed by atoms with Gasteiger partial charge in [0.1, 0.15) is 0 Å². The Balaban J connectivity index is 0.00000109. The lowest BCUT2D eigenvalue weighted by Gasteiger charge is -2.22. The van der Waals surface area contributed by atoms with Crippen molar-refractivity contribution in [1.29, 1.82) is 0 Å². The number of amides is 1. The molecule has 0 aromatic heterocycles. The van der Waals surface area contributed by atoms with E-state index in [4.69, 9.17) is 4.74 Å². The second-order valence-corrected chi connectivity index (χ2v) is 5.72. The number of fused-ring (bicyclic) bond motifs is 1. The first-order chi connectivity index (χ1) is 12.1. The number of hydrogen-bond acceptors (Lipinski definition) is 4. The standard InChI is InChI=1S/C18H20N2O3.C2H6/c1-12-7-18(23-2)17(22)9-15(12)19-10-14-8-13-5-3-4-6-16(13)20(14)11-21;1-2/h3-7,9,11,14,19,22H,8,10H2,1-2H3;1-2H3. The van der Waals surface area contributed by atoms with Crippen LogP contribution in [0, 0.1) is 6.92 Å². The third-order valence-corrected chi connectivity index (χ3v) is 4.29. The Hall–Kier alpha value is -2.69. The summed E-state index contributed by atoms with van der Waals surface area (Å²) >= 11 is 0. The summed E-state index contributed by atoms with van der Waals surface area (Å²) in [5.41, 5.74) is 3.97. The quantitative estimate of drug-likeness (QED) is 0.813. The summed E-state index contributed by atoms with van der Waals surface area (Å²) in [6.07, 6.45) is 1.71. The van der Waals surface area contributed by atoms with Gasteiger partial charge in [0.15, 0.2) is 11.5 Å². The monoisotopic (exact) mass is 342 g/mol. The average Bonchev–Trinajstić information content (AvgIpc) is 3.01. The molecule has 1 unspecified atom stereocenters. The van der Waals surface area contributed by atoms with Crippen LogP contribution >= 0.6 is 0 Å². The van der Waals surface area contributed by atoms with E-state index in [1.807, 2.05) is 39.0 Å². The number of ether oxygens (including phenoxy) is 1. The molecule has 0 fully saturated rings. The number of phenolic OH excluding ortho intramolecular Hbond substituents is 1. The number of benzene rings is 2. The number of methoxy groups -OCH3 is 1. The number of carbonyl (C=O) groups excluding carboxylic acids is 1. The number of nitrogens with one attached hydrogen (secondary N) is 1. The van der Waals surface area contributed by atoms with Gasteiger partial charge >= 0.3 is 0 Å². The van der Waals surface area contributed by atoms with Crippen LogP contribution in [0.2, 0.25) is 0 Å². The Morgan fingerprint density at radius 2 is 2.04 bits per heavy atom. The van der Waals surface area contributed by atoms with Gasteiger partial charge in [-0.25, -0.2) is 0 Å². The molecule has 1 amide bonds. The SMILES string of the molecule is CC.COc1cc(C)c(NCC2Cc3ccccc3N2C=O)cc1O. The van der Waals surface area contributed by atoms with Crippen LogP contribution in [0.4, 0.5) is 11.4 Å². The minimum atomic E-state index is 0.0635. The van der Waals surface area contributed by atoms with Crippen LogP contribution in [0.25, 0.3) is 0 Å². The molecule has 0 radical (unpaired) electrons. The lowest BCUT2D eigenvalue weighted by molar-refractivity contribution is -0.107. The molecular formula is C20H26N2O3. The van der Waals surface area contributed by atoms with Gasteiger partial charge in [0.05, 0.1) is 13.2 Å². The molecule has 0 saturated carbocycles. The summed E-state index contributed by atoms with van der Waals surface area (Å²) in [6.45, 7) is 6.56. The molecule has 0 spiro atoms. The maximum Gasteiger partial charge on any atom is 0.214 e. The topological polar surface area (TPSA) is 61.8 Å². The molecule has 1 heterocycles. The summed E-state index contributed by atoms with van der Waals surface area (Å²) < 4.78 is 5.10. The highest BCUT2D eigenvalue weighted by Crippen LogP contribution is 2.33. The molecule has 5 nitrogen and oxygen atoms in total. The molecule has 2 N–H and O–H groups in total. The van der Waals surface area contributed by atoms with E-state index >= 15 is 0 Å². The van der Waals surface area contributed by atoms with Gasteiger partial charge in [-0.15, -0.1) is 0 Å². The molecule has 1 atom stereocenters. The van der Waals surface area contributed by atoms with Gasteiger partial charge in [0.2, 0.25) is 6.41 Å². The van der Waals surface area contributed by atoms with Crippen LogP contribution in [0.5, 0.6) is 11.5 Å². The van der Waals surface area contributed by atoms with Crippen LogP contribution in [-0.4, -0.2) is 31.2 Å². The summed E-state index contributed by atoms with van der Waals surface area (Å²) in [5, 5.41) is 13.2. The van der Waals surface area contributed by atoms with Crippen LogP contribution in [-0.2, 0) is 11.2 Å². The lowest BCUT2D eigenvalue weighted by Crippen LogP contribution is -2.36. The number of nitrogens with zero attached hydrogens (tertiary/aromatic N) is 1. The van der Waals surface area contributed by atoms with Gasteiger partial charge in [-0.3, -0.25) is 4.79 Å². The van der Waals surface area contributed by atoms with E-state index in [9.17, 15) is 9.90 Å². The molecule has 1 aliphatic heterocycles. The molecule has 1 aliphatic rings. The van der Waals surface area contributed by atoms with Crippen molar-refractivity contribution in [2.24, 2.45) is 0 Å². The van der Waals surface area contributed by atoms with E-state index in [1.54, 1.807) is 17.0 Å². The molecule has 2 aromatic rings. The third-order valence-electron chi connectivity index (χ3n) is 4.29. The zero-order valence-corrected chi connectivity index (χ0v) is 15.2. The predicted octanol–water partition coefficient (Wildman–Crippen LogP) is 3.74. The smallest absolute Gasteiger partial charge is 0.214 e. The van der Waals surface area contributed by atoms with E-state index in [0.717, 1.165) is 29.8 Å². The Morgan fingerprint density at radius 1 is 1.32 bits per heavy atom. The highest BCUT2D eigenvalue weighted by Gasteiger charge is 2.28. The van der Waals surface area contributed by atoms with Crippen LogP contribution < -0.4 is 15.0 Å². The summed E-state index contributed by atoms with van der Waals surface area (Å²) in [7, 11) is 1.53. The Kier molecular flexibility index (Phi) is 6.28. The highest BCUT2D eigenvalue weighted by atomic mass is 16.5. The normalized spacial score (nSPS) is 15.0. The first-order valence-corrected chi connectivity index (χ1v) is 8.57. The van der Waals surface area contributed by atoms with Crippen LogP contribution in [0.1, 0.15) is 25.0 Å². The van der Waals surface area contributed by atoms with Gasteiger partial charge in [-0.05, 0) is 36.6 Å². The van der Waals surface area contributed by atoms with Crippen molar-refractivity contribution in [3.8, 4) is 11.5 Å². The first-order valence-electron chi connectivity index (χ1n) is 8.57. The van der Waals surface area contributed by atoms with E-state index < -0.39 is 0 Å². The number of phenols is 1. The molecular weight excluding hydrogens is 316 g/mol. The molecule has 0 aliphatic carbocycles. The highest BCUT2D eigenvalue weighted by molar-refractivity contribution is 5.81. The Bertz CT molecular complexity index is 731. The molecule has 25 heavy (non-hydrogen) atoms. The minimum Gasteiger partial charge on any atom is -0.504 e. The number of para-hydroxylation sites is 1. The minimum absolute atomic E-state index is 0.0635. The van der Waals surface area contributed by atoms with Crippen LogP contribution in [0.15, 0.2) is 36.4 Å². The van der Waals surface area contributed by atoms with E-state index in [2.05, 4.69) is 11.4 Å². The fraction of sp³-hybridized carbons (Fsp3) is 0.350. The first kappa shape index (κ1) is 18.6. The number of aromatic hydroxyl groups is 1. The number of hydrogen-bond donors (Lipinski definition) is 2. The zero-order valence-electron chi connectivity index (χ0n) is 15.2. The van der Waals surface area contributed by atoms with Crippen molar-refractivity contribution in [3.05, 3.63) is 47.5 Å². The van der Waals surface area contributed by atoms with Crippen molar-refractivity contribution in [3.63, 3.8) is 0 Å². The van der Waals surface area contributed by atoms with E-state index in [1.165, 1.54) is 12.7 Å². The lowest BCUT2D eigenvalue weighted by atomic mass is 10.1. The molecule has 2 aromatic carbocycles. The van der Waals surface area contributed by atoms with Crippen molar-refractivity contribution in [2.45, 2.75) is 33.2 Å². The summed E-state index contributed by atoms with van der Waals surface area (Å²) in [5.74, 6) is 0.554. The predicted molar refractivity (Wildman–Crippen MR) is 102 cm³/mol. The molecule has 134 valence electrons. The van der Waals surface area contributed by atoms with Gasteiger partial charge in [0, 0.05) is 24.0 Å². The largest absolute Gasteiger partial charge is 0.504 e. The molecule has 5 heteroatoms. The average molecular weight is 342 g/mol. The number of aryl methyl sites for hydroxylation is 1. The molecule has 0 saturated heterocycles. The number of rotatable bonds is 5. The van der Waals surface area contributed by atoms with E-state index in [-0.39, 0.29) is 11.8 Å². The number of carbonyl (C=O) groups is 1. The van der Waals surface area contributed by atoms with E-state index in [0.29, 0.717) is 12.3 Å². The van der Waals surface area contributed by atoms with Crippen molar-refractivity contribution in [2.75, 3.05) is 23.9 Å². The number of anilines is 2. The second-order valence-electron chi connectivity index (χ2n) is 5.72.